The van der Waals surface area contributed by atoms with Crippen LogP contribution >= 0.6 is 11.6 Å². The Hall–Kier alpha value is -2.58. The van der Waals surface area contributed by atoms with E-state index in [2.05, 4.69) is 5.32 Å². The second-order valence-corrected chi connectivity index (χ2v) is 4.51. The lowest BCUT2D eigenvalue weighted by molar-refractivity contribution is 0.102. The molecule has 0 spiro atoms. The zero-order chi connectivity index (χ0) is 15.4. The third-order valence-electron chi connectivity index (χ3n) is 2.75. The maximum atomic E-state index is 13.3. The molecule has 4 nitrogen and oxygen atoms in total. The van der Waals surface area contributed by atoms with E-state index in [0.29, 0.717) is 11.3 Å². The van der Waals surface area contributed by atoms with Crippen molar-refractivity contribution in [3.8, 4) is 11.8 Å². The molecular weight excluding hydrogens is 295 g/mol. The van der Waals surface area contributed by atoms with Crippen LogP contribution in [0.1, 0.15) is 15.9 Å². The van der Waals surface area contributed by atoms with E-state index in [-0.39, 0.29) is 16.3 Å². The van der Waals surface area contributed by atoms with E-state index < -0.39 is 11.7 Å². The van der Waals surface area contributed by atoms with Gasteiger partial charge in [0.2, 0.25) is 0 Å². The molecule has 6 heteroatoms. The summed E-state index contributed by atoms with van der Waals surface area (Å²) in [5.74, 6) is -0.820. The molecule has 0 saturated carbocycles. The minimum Gasteiger partial charge on any atom is -0.496 e. The first-order valence-electron chi connectivity index (χ1n) is 5.89. The van der Waals surface area contributed by atoms with Crippen LogP contribution in [-0.2, 0) is 0 Å². The van der Waals surface area contributed by atoms with Crippen molar-refractivity contribution in [1.29, 1.82) is 5.26 Å². The first-order chi connectivity index (χ1) is 10.0. The first-order valence-corrected chi connectivity index (χ1v) is 6.27. The number of methoxy groups -OCH3 is 1. The Balaban J connectivity index is 2.28. The van der Waals surface area contributed by atoms with Crippen LogP contribution < -0.4 is 10.1 Å². The molecule has 0 heterocycles. The van der Waals surface area contributed by atoms with Crippen molar-refractivity contribution in [2.24, 2.45) is 0 Å². The van der Waals surface area contributed by atoms with E-state index in [1.165, 1.54) is 37.4 Å². The zero-order valence-electron chi connectivity index (χ0n) is 11.0. The highest BCUT2D eigenvalue weighted by molar-refractivity contribution is 6.32. The molecule has 0 saturated heterocycles. The number of nitrogens with one attached hydrogen (secondary N) is 1. The SMILES string of the molecule is COc1ccc(F)cc1C(=O)Nc1ccc(C#N)c(Cl)c1. The first kappa shape index (κ1) is 14.8. The van der Waals surface area contributed by atoms with Gasteiger partial charge >= 0.3 is 0 Å². The largest absolute Gasteiger partial charge is 0.496 e. The number of carbonyl (C=O) groups is 1. The molecule has 21 heavy (non-hydrogen) atoms. The summed E-state index contributed by atoms with van der Waals surface area (Å²) in [6, 6.07) is 10.0. The predicted octanol–water partition coefficient (Wildman–Crippen LogP) is 3.61. The summed E-state index contributed by atoms with van der Waals surface area (Å²) < 4.78 is 18.3. The zero-order valence-corrected chi connectivity index (χ0v) is 11.7. The second-order valence-electron chi connectivity index (χ2n) is 4.11. The van der Waals surface area contributed by atoms with Crippen molar-refractivity contribution in [3.05, 3.63) is 58.4 Å². The Morgan fingerprint density at radius 1 is 1.33 bits per heavy atom. The standard InChI is InChI=1S/C15H10ClFN2O2/c1-21-14-5-3-10(17)6-12(14)15(20)19-11-4-2-9(8-18)13(16)7-11/h2-7H,1H3,(H,19,20). The summed E-state index contributed by atoms with van der Waals surface area (Å²) in [6.45, 7) is 0. The number of anilines is 1. The number of carbonyl (C=O) groups excluding carboxylic acids is 1. The van der Waals surface area contributed by atoms with E-state index >= 15 is 0 Å². The molecule has 2 aromatic carbocycles. The minimum absolute atomic E-state index is 0.0676. The summed E-state index contributed by atoms with van der Waals surface area (Å²) >= 11 is 5.88. The van der Waals surface area contributed by atoms with Gasteiger partial charge in [0.15, 0.2) is 0 Å². The Morgan fingerprint density at radius 3 is 2.71 bits per heavy atom. The fourth-order valence-electron chi connectivity index (χ4n) is 1.74. The lowest BCUT2D eigenvalue weighted by Crippen LogP contribution is -2.13. The molecular formula is C15H10ClFN2O2. The van der Waals surface area contributed by atoms with E-state index in [4.69, 9.17) is 21.6 Å². The third-order valence-corrected chi connectivity index (χ3v) is 3.07. The van der Waals surface area contributed by atoms with Crippen molar-refractivity contribution in [2.75, 3.05) is 12.4 Å². The summed E-state index contributed by atoms with van der Waals surface area (Å²) in [6.07, 6.45) is 0. The number of amides is 1. The Kier molecular flexibility index (Phi) is 4.41. The molecule has 0 bridgehead atoms. The number of hydrogen-bond acceptors (Lipinski definition) is 3. The summed E-state index contributed by atoms with van der Waals surface area (Å²) in [5, 5.41) is 11.6. The van der Waals surface area contributed by atoms with Crippen LogP contribution in [0.15, 0.2) is 36.4 Å². The number of nitriles is 1. The molecule has 0 aliphatic carbocycles. The van der Waals surface area contributed by atoms with E-state index in [1.54, 1.807) is 0 Å². The molecule has 0 radical (unpaired) electrons. The molecule has 0 aliphatic heterocycles. The van der Waals surface area contributed by atoms with Crippen molar-refractivity contribution in [3.63, 3.8) is 0 Å². The van der Waals surface area contributed by atoms with Crippen molar-refractivity contribution >= 4 is 23.2 Å². The highest BCUT2D eigenvalue weighted by atomic mass is 35.5. The smallest absolute Gasteiger partial charge is 0.259 e. The Morgan fingerprint density at radius 2 is 2.10 bits per heavy atom. The van der Waals surface area contributed by atoms with E-state index in [0.717, 1.165) is 6.07 Å². The molecule has 2 rings (SSSR count). The van der Waals surface area contributed by atoms with E-state index in [1.807, 2.05) is 6.07 Å². The topological polar surface area (TPSA) is 62.1 Å². The van der Waals surface area contributed by atoms with Gasteiger partial charge in [0, 0.05) is 5.69 Å². The molecule has 0 atom stereocenters. The van der Waals surface area contributed by atoms with Gasteiger partial charge in [0.25, 0.3) is 5.91 Å². The number of ether oxygens (including phenoxy) is 1. The quantitative estimate of drug-likeness (QED) is 0.942. The Bertz CT molecular complexity index is 741. The molecule has 0 fully saturated rings. The Labute approximate surface area is 125 Å². The van der Waals surface area contributed by atoms with Gasteiger partial charge in [0.05, 0.1) is 23.3 Å². The van der Waals surface area contributed by atoms with Gasteiger partial charge in [-0.15, -0.1) is 0 Å². The van der Waals surface area contributed by atoms with Crippen molar-refractivity contribution < 1.29 is 13.9 Å². The minimum atomic E-state index is -0.543. The number of benzene rings is 2. The normalized spacial score (nSPS) is 9.81. The summed E-state index contributed by atoms with van der Waals surface area (Å²) in [5.41, 5.74) is 0.770. The average molecular weight is 305 g/mol. The number of rotatable bonds is 3. The molecule has 2 aromatic rings. The van der Waals surface area contributed by atoms with Crippen LogP contribution in [-0.4, -0.2) is 13.0 Å². The lowest BCUT2D eigenvalue weighted by atomic mass is 10.1. The monoisotopic (exact) mass is 304 g/mol. The van der Waals surface area contributed by atoms with Gasteiger partial charge in [0.1, 0.15) is 17.6 Å². The molecule has 0 aliphatic rings. The maximum absolute atomic E-state index is 13.3. The van der Waals surface area contributed by atoms with Crippen LogP contribution in [0.5, 0.6) is 5.75 Å². The number of halogens is 2. The van der Waals surface area contributed by atoms with Gasteiger partial charge in [-0.05, 0) is 36.4 Å². The molecule has 0 unspecified atom stereocenters. The van der Waals surface area contributed by atoms with Crippen molar-refractivity contribution in [1.82, 2.24) is 0 Å². The van der Waals surface area contributed by atoms with Crippen LogP contribution in [0.2, 0.25) is 5.02 Å². The van der Waals surface area contributed by atoms with E-state index in [9.17, 15) is 9.18 Å². The molecule has 106 valence electrons. The predicted molar refractivity (Wildman–Crippen MR) is 77.1 cm³/mol. The second kappa shape index (κ2) is 6.25. The lowest BCUT2D eigenvalue weighted by Gasteiger charge is -2.10. The van der Waals surface area contributed by atoms with Crippen LogP contribution in [0.3, 0.4) is 0 Å². The van der Waals surface area contributed by atoms with Crippen LogP contribution in [0.25, 0.3) is 0 Å². The molecule has 1 N–H and O–H groups in total. The van der Waals surface area contributed by atoms with Crippen LogP contribution in [0, 0.1) is 17.1 Å². The van der Waals surface area contributed by atoms with Gasteiger partial charge in [-0.3, -0.25) is 4.79 Å². The van der Waals surface area contributed by atoms with Crippen molar-refractivity contribution in [2.45, 2.75) is 0 Å². The number of hydrogen-bond donors (Lipinski definition) is 1. The molecule has 1 amide bonds. The maximum Gasteiger partial charge on any atom is 0.259 e. The van der Waals surface area contributed by atoms with Crippen LogP contribution in [0.4, 0.5) is 10.1 Å². The third kappa shape index (κ3) is 3.30. The number of nitrogens with zero attached hydrogens (tertiary/aromatic N) is 1. The highest BCUT2D eigenvalue weighted by Crippen LogP contribution is 2.23. The fraction of sp³-hybridized carbons (Fsp3) is 0.0667. The fourth-order valence-corrected chi connectivity index (χ4v) is 1.96. The van der Waals surface area contributed by atoms with Gasteiger partial charge in [-0.1, -0.05) is 11.6 Å². The van der Waals surface area contributed by atoms with Gasteiger partial charge in [-0.2, -0.15) is 5.26 Å². The highest BCUT2D eigenvalue weighted by Gasteiger charge is 2.14. The molecule has 0 aromatic heterocycles. The van der Waals surface area contributed by atoms with Gasteiger partial charge < -0.3 is 10.1 Å². The average Bonchev–Trinajstić information content (AvgIpc) is 2.47. The summed E-state index contributed by atoms with van der Waals surface area (Å²) in [7, 11) is 1.39. The van der Waals surface area contributed by atoms with Gasteiger partial charge in [-0.25, -0.2) is 4.39 Å². The summed E-state index contributed by atoms with van der Waals surface area (Å²) in [4.78, 5) is 12.1.